The number of carbonyl (C=O) groups is 2. The number of furan rings is 2. The van der Waals surface area contributed by atoms with Crippen LogP contribution >= 0.6 is 0 Å². The van der Waals surface area contributed by atoms with Gasteiger partial charge in [-0.05, 0) is 24.6 Å². The van der Waals surface area contributed by atoms with E-state index in [1.807, 2.05) is 0 Å². The molecule has 86 valence electrons. The first-order chi connectivity index (χ1) is 8.27. The molecular formula is C13H10O4. The Bertz CT molecular complexity index is 562. The SMILES string of the molecule is O=C(c1ccco1)C1CCc2occc2C1=O. The lowest BCUT2D eigenvalue weighted by atomic mass is 9.83. The smallest absolute Gasteiger partial charge is 0.208 e. The second-order valence-electron chi connectivity index (χ2n) is 4.05. The van der Waals surface area contributed by atoms with Crippen molar-refractivity contribution in [3.05, 3.63) is 47.8 Å². The molecule has 1 unspecified atom stereocenters. The molecule has 0 spiro atoms. The van der Waals surface area contributed by atoms with Crippen LogP contribution < -0.4 is 0 Å². The number of hydrogen-bond donors (Lipinski definition) is 0. The highest BCUT2D eigenvalue weighted by Crippen LogP contribution is 2.28. The Morgan fingerprint density at radius 1 is 1.24 bits per heavy atom. The number of carbonyl (C=O) groups excluding carboxylic acids is 2. The van der Waals surface area contributed by atoms with Gasteiger partial charge < -0.3 is 8.83 Å². The second kappa shape index (κ2) is 3.73. The summed E-state index contributed by atoms with van der Waals surface area (Å²) in [5.74, 6) is -0.117. The highest BCUT2D eigenvalue weighted by molar-refractivity contribution is 6.16. The van der Waals surface area contributed by atoms with Crippen LogP contribution in [0.1, 0.15) is 33.1 Å². The van der Waals surface area contributed by atoms with Crippen molar-refractivity contribution in [2.24, 2.45) is 5.92 Å². The van der Waals surface area contributed by atoms with Crippen LogP contribution in [0.3, 0.4) is 0 Å². The van der Waals surface area contributed by atoms with Gasteiger partial charge in [-0.15, -0.1) is 0 Å². The molecule has 4 nitrogen and oxygen atoms in total. The van der Waals surface area contributed by atoms with E-state index in [-0.39, 0.29) is 17.3 Å². The molecule has 0 aromatic carbocycles. The predicted octanol–water partition coefficient (Wildman–Crippen LogP) is 2.50. The Morgan fingerprint density at radius 3 is 2.88 bits per heavy atom. The zero-order valence-corrected chi connectivity index (χ0v) is 9.01. The molecule has 0 aliphatic heterocycles. The summed E-state index contributed by atoms with van der Waals surface area (Å²) < 4.78 is 10.2. The normalized spacial score (nSPS) is 19.1. The van der Waals surface area contributed by atoms with Gasteiger partial charge in [0.25, 0.3) is 0 Å². The van der Waals surface area contributed by atoms with E-state index < -0.39 is 5.92 Å². The maximum Gasteiger partial charge on any atom is 0.208 e. The Kier molecular flexibility index (Phi) is 2.21. The van der Waals surface area contributed by atoms with Gasteiger partial charge in [0.1, 0.15) is 5.76 Å². The summed E-state index contributed by atoms with van der Waals surface area (Å²) in [6.45, 7) is 0. The van der Waals surface area contributed by atoms with Crippen LogP contribution in [0.2, 0.25) is 0 Å². The second-order valence-corrected chi connectivity index (χ2v) is 4.05. The van der Waals surface area contributed by atoms with Crippen LogP contribution in [-0.2, 0) is 6.42 Å². The maximum atomic E-state index is 12.1. The van der Waals surface area contributed by atoms with Gasteiger partial charge in [0.15, 0.2) is 11.5 Å². The molecule has 1 atom stereocenters. The van der Waals surface area contributed by atoms with Gasteiger partial charge in [-0.25, -0.2) is 0 Å². The zero-order chi connectivity index (χ0) is 11.8. The van der Waals surface area contributed by atoms with E-state index >= 15 is 0 Å². The van der Waals surface area contributed by atoms with E-state index in [0.29, 0.717) is 24.2 Å². The summed E-state index contributed by atoms with van der Waals surface area (Å²) in [6.07, 6.45) is 4.02. The van der Waals surface area contributed by atoms with Crippen LogP contribution in [0.25, 0.3) is 0 Å². The molecule has 1 aliphatic carbocycles. The molecule has 2 aromatic heterocycles. The van der Waals surface area contributed by atoms with Crippen molar-refractivity contribution in [3.63, 3.8) is 0 Å². The molecular weight excluding hydrogens is 220 g/mol. The van der Waals surface area contributed by atoms with E-state index in [9.17, 15) is 9.59 Å². The monoisotopic (exact) mass is 230 g/mol. The van der Waals surface area contributed by atoms with Crippen LogP contribution in [-0.4, -0.2) is 11.6 Å². The fraction of sp³-hybridized carbons (Fsp3) is 0.231. The molecule has 0 saturated heterocycles. The van der Waals surface area contributed by atoms with Crippen molar-refractivity contribution in [2.75, 3.05) is 0 Å². The fourth-order valence-electron chi connectivity index (χ4n) is 2.19. The molecule has 1 aliphatic rings. The van der Waals surface area contributed by atoms with E-state index in [1.54, 1.807) is 18.2 Å². The van der Waals surface area contributed by atoms with Gasteiger partial charge in [-0.2, -0.15) is 0 Å². The molecule has 2 aromatic rings. The first-order valence-corrected chi connectivity index (χ1v) is 5.45. The minimum absolute atomic E-state index is 0.165. The van der Waals surface area contributed by atoms with E-state index in [4.69, 9.17) is 8.83 Å². The highest BCUT2D eigenvalue weighted by atomic mass is 16.3. The van der Waals surface area contributed by atoms with Gasteiger partial charge >= 0.3 is 0 Å². The van der Waals surface area contributed by atoms with Crippen molar-refractivity contribution in [1.29, 1.82) is 0 Å². The lowest BCUT2D eigenvalue weighted by Gasteiger charge is -2.17. The van der Waals surface area contributed by atoms with Crippen molar-refractivity contribution in [1.82, 2.24) is 0 Å². The molecule has 0 saturated carbocycles. The summed E-state index contributed by atoms with van der Waals surface area (Å²) in [6, 6.07) is 4.85. The molecule has 0 radical (unpaired) electrons. The Labute approximate surface area is 97.2 Å². The first-order valence-electron chi connectivity index (χ1n) is 5.45. The van der Waals surface area contributed by atoms with Crippen LogP contribution in [0.5, 0.6) is 0 Å². The molecule has 0 fully saturated rings. The molecule has 0 N–H and O–H groups in total. The number of fused-ring (bicyclic) bond motifs is 1. The Morgan fingerprint density at radius 2 is 2.12 bits per heavy atom. The molecule has 0 bridgehead atoms. The molecule has 4 heteroatoms. The average molecular weight is 230 g/mol. The topological polar surface area (TPSA) is 60.4 Å². The number of Topliss-reactive ketones (excluding diaryl/α,β-unsaturated/α-hetero) is 2. The summed E-state index contributed by atoms with van der Waals surface area (Å²) in [7, 11) is 0. The lowest BCUT2D eigenvalue weighted by Crippen LogP contribution is -2.28. The van der Waals surface area contributed by atoms with Crippen molar-refractivity contribution >= 4 is 11.6 Å². The predicted molar refractivity (Wildman–Crippen MR) is 57.9 cm³/mol. The summed E-state index contributed by atoms with van der Waals surface area (Å²) in [5.41, 5.74) is 0.529. The van der Waals surface area contributed by atoms with Crippen molar-refractivity contribution < 1.29 is 18.4 Å². The molecule has 3 rings (SSSR count). The first kappa shape index (κ1) is 10.1. The molecule has 17 heavy (non-hydrogen) atoms. The zero-order valence-electron chi connectivity index (χ0n) is 9.01. The van der Waals surface area contributed by atoms with Crippen molar-refractivity contribution in [2.45, 2.75) is 12.8 Å². The number of aryl methyl sites for hydroxylation is 1. The van der Waals surface area contributed by atoms with Gasteiger partial charge in [0, 0.05) is 6.42 Å². The quantitative estimate of drug-likeness (QED) is 0.587. The van der Waals surface area contributed by atoms with E-state index in [1.165, 1.54) is 12.5 Å². The minimum atomic E-state index is -0.633. The third-order valence-electron chi connectivity index (χ3n) is 3.07. The summed E-state index contributed by atoms with van der Waals surface area (Å²) in [4.78, 5) is 24.1. The third-order valence-corrected chi connectivity index (χ3v) is 3.07. The highest BCUT2D eigenvalue weighted by Gasteiger charge is 2.35. The lowest BCUT2D eigenvalue weighted by molar-refractivity contribution is 0.0770. The van der Waals surface area contributed by atoms with E-state index in [0.717, 1.165) is 0 Å². The standard InChI is InChI=1S/C13H10O4/c14-12-8-5-7-17-10(8)4-3-9(12)13(15)11-2-1-6-16-11/h1-2,5-7,9H,3-4H2. The minimum Gasteiger partial charge on any atom is -0.469 e. The summed E-state index contributed by atoms with van der Waals surface area (Å²) in [5, 5.41) is 0. The molecule has 0 amide bonds. The van der Waals surface area contributed by atoms with E-state index in [2.05, 4.69) is 0 Å². The Balaban J connectivity index is 1.92. The van der Waals surface area contributed by atoms with Crippen LogP contribution in [0.4, 0.5) is 0 Å². The molecule has 2 heterocycles. The number of hydrogen-bond acceptors (Lipinski definition) is 4. The van der Waals surface area contributed by atoms with Gasteiger partial charge in [-0.1, -0.05) is 0 Å². The maximum absolute atomic E-state index is 12.1. The number of ketones is 2. The average Bonchev–Trinajstić information content (AvgIpc) is 3.00. The van der Waals surface area contributed by atoms with Crippen LogP contribution in [0.15, 0.2) is 39.6 Å². The van der Waals surface area contributed by atoms with Crippen LogP contribution in [0, 0.1) is 5.92 Å². The van der Waals surface area contributed by atoms with Crippen molar-refractivity contribution in [3.8, 4) is 0 Å². The van der Waals surface area contributed by atoms with Gasteiger partial charge in [-0.3, -0.25) is 9.59 Å². The number of rotatable bonds is 2. The Hall–Kier alpha value is -2.10. The fourth-order valence-corrected chi connectivity index (χ4v) is 2.19. The van der Waals surface area contributed by atoms with Gasteiger partial charge in [0.2, 0.25) is 5.78 Å². The van der Waals surface area contributed by atoms with Gasteiger partial charge in [0.05, 0.1) is 24.0 Å². The summed E-state index contributed by atoms with van der Waals surface area (Å²) >= 11 is 0. The largest absolute Gasteiger partial charge is 0.469 e. The third kappa shape index (κ3) is 1.53.